The number of carbonyl (C=O) groups is 3. The maximum atomic E-state index is 13.4. The molecule has 0 aromatic heterocycles. The van der Waals surface area contributed by atoms with Crippen molar-refractivity contribution in [1.29, 1.82) is 0 Å². The number of esters is 1. The van der Waals surface area contributed by atoms with E-state index < -0.39 is 24.3 Å². The van der Waals surface area contributed by atoms with Crippen LogP contribution in [0.1, 0.15) is 22.3 Å². The van der Waals surface area contributed by atoms with Crippen molar-refractivity contribution in [2.24, 2.45) is 4.99 Å². The van der Waals surface area contributed by atoms with E-state index >= 15 is 0 Å². The van der Waals surface area contributed by atoms with Crippen LogP contribution in [0, 0.1) is 0 Å². The standard InChI is InChI=1S/C32H29N3O6/c1-39-30(36)29(33-28(26-18-10-4-11-19-26)27-20-12-5-13-21-27)35(32(38)41-23-25-16-8-3-9-17-25)34-31(37)40-22-24-14-6-2-7-15-24/h2-21,29H,22-23H2,1H3,(H,34,37). The summed E-state index contributed by atoms with van der Waals surface area (Å²) < 4.78 is 15.8. The average molecular weight is 552 g/mol. The van der Waals surface area contributed by atoms with Gasteiger partial charge < -0.3 is 14.2 Å². The van der Waals surface area contributed by atoms with Crippen molar-refractivity contribution in [3.8, 4) is 0 Å². The molecule has 4 rings (SSSR count). The van der Waals surface area contributed by atoms with Gasteiger partial charge in [-0.1, -0.05) is 121 Å². The fraction of sp³-hybridized carbons (Fsp3) is 0.125. The molecule has 0 bridgehead atoms. The lowest BCUT2D eigenvalue weighted by Crippen LogP contribution is -2.55. The molecular weight excluding hydrogens is 522 g/mol. The predicted octanol–water partition coefficient (Wildman–Crippen LogP) is 5.50. The number of hydrazine groups is 1. The van der Waals surface area contributed by atoms with E-state index in [1.165, 1.54) is 0 Å². The number of aliphatic imine (C=N–C) groups is 1. The second-order valence-electron chi connectivity index (χ2n) is 8.69. The number of benzene rings is 4. The minimum atomic E-state index is -1.65. The molecule has 41 heavy (non-hydrogen) atoms. The molecule has 0 aliphatic heterocycles. The predicted molar refractivity (Wildman–Crippen MR) is 153 cm³/mol. The first kappa shape index (κ1) is 28.6. The van der Waals surface area contributed by atoms with Crippen LogP contribution in [-0.2, 0) is 32.2 Å². The summed E-state index contributed by atoms with van der Waals surface area (Å²) in [6.07, 6.45) is -3.68. The van der Waals surface area contributed by atoms with Crippen LogP contribution >= 0.6 is 0 Å². The highest BCUT2D eigenvalue weighted by molar-refractivity contribution is 6.13. The number of hydrogen-bond donors (Lipinski definition) is 1. The molecule has 1 N–H and O–H groups in total. The van der Waals surface area contributed by atoms with E-state index in [4.69, 9.17) is 14.2 Å². The van der Waals surface area contributed by atoms with Gasteiger partial charge in [-0.15, -0.1) is 0 Å². The van der Waals surface area contributed by atoms with Gasteiger partial charge in [0.15, 0.2) is 0 Å². The molecule has 1 unspecified atom stereocenters. The number of rotatable bonds is 9. The Kier molecular flexibility index (Phi) is 10.2. The van der Waals surface area contributed by atoms with Gasteiger partial charge >= 0.3 is 18.2 Å². The van der Waals surface area contributed by atoms with Gasteiger partial charge in [0.2, 0.25) is 6.17 Å². The minimum Gasteiger partial charge on any atom is -0.466 e. The van der Waals surface area contributed by atoms with E-state index in [0.717, 1.165) is 12.7 Å². The summed E-state index contributed by atoms with van der Waals surface area (Å²) in [5.74, 6) is -0.908. The molecule has 0 aliphatic carbocycles. The van der Waals surface area contributed by atoms with Crippen LogP contribution in [0.5, 0.6) is 0 Å². The summed E-state index contributed by atoms with van der Waals surface area (Å²) in [6, 6.07) is 36.3. The first-order valence-electron chi connectivity index (χ1n) is 12.8. The zero-order valence-corrected chi connectivity index (χ0v) is 22.4. The third-order valence-corrected chi connectivity index (χ3v) is 5.83. The second-order valence-corrected chi connectivity index (χ2v) is 8.69. The molecule has 0 fully saturated rings. The first-order valence-corrected chi connectivity index (χ1v) is 12.8. The first-order chi connectivity index (χ1) is 20.0. The van der Waals surface area contributed by atoms with E-state index in [0.29, 0.717) is 27.4 Å². The minimum absolute atomic E-state index is 0.0645. The van der Waals surface area contributed by atoms with E-state index in [2.05, 4.69) is 10.4 Å². The number of nitrogens with one attached hydrogen (secondary N) is 1. The number of hydrogen-bond acceptors (Lipinski definition) is 7. The SMILES string of the molecule is COC(=O)C(N=C(c1ccccc1)c1ccccc1)N(NC(=O)OCc1ccccc1)C(=O)OCc1ccccc1. The van der Waals surface area contributed by atoms with Crippen LogP contribution in [0.2, 0.25) is 0 Å². The number of nitrogens with zero attached hydrogens (tertiary/aromatic N) is 2. The topological polar surface area (TPSA) is 107 Å². The van der Waals surface area contributed by atoms with Crippen molar-refractivity contribution in [1.82, 2.24) is 10.4 Å². The summed E-state index contributed by atoms with van der Waals surface area (Å²) in [7, 11) is 1.16. The summed E-state index contributed by atoms with van der Waals surface area (Å²) in [5.41, 5.74) is 5.53. The van der Waals surface area contributed by atoms with E-state index in [9.17, 15) is 14.4 Å². The molecular formula is C32H29N3O6. The maximum absolute atomic E-state index is 13.4. The van der Waals surface area contributed by atoms with Gasteiger partial charge in [0.05, 0.1) is 12.8 Å². The molecule has 2 amide bonds. The maximum Gasteiger partial charge on any atom is 0.431 e. The number of carbonyl (C=O) groups excluding carboxylic acids is 3. The third-order valence-electron chi connectivity index (χ3n) is 5.83. The van der Waals surface area contributed by atoms with Crippen molar-refractivity contribution < 1.29 is 28.6 Å². The fourth-order valence-corrected chi connectivity index (χ4v) is 3.80. The molecule has 4 aromatic carbocycles. The molecule has 0 radical (unpaired) electrons. The van der Waals surface area contributed by atoms with Gasteiger partial charge in [-0.3, -0.25) is 0 Å². The lowest BCUT2D eigenvalue weighted by Gasteiger charge is -2.27. The van der Waals surface area contributed by atoms with Crippen molar-refractivity contribution >= 4 is 23.9 Å². The molecule has 0 saturated heterocycles. The Morgan fingerprint density at radius 3 is 1.59 bits per heavy atom. The molecule has 0 aliphatic rings. The fourth-order valence-electron chi connectivity index (χ4n) is 3.80. The number of amides is 2. The molecule has 0 saturated carbocycles. The van der Waals surface area contributed by atoms with Gasteiger partial charge in [-0.05, 0) is 11.1 Å². The van der Waals surface area contributed by atoms with E-state index in [-0.39, 0.29) is 13.2 Å². The van der Waals surface area contributed by atoms with Crippen LogP contribution < -0.4 is 5.43 Å². The Labute approximate surface area is 238 Å². The van der Waals surface area contributed by atoms with Gasteiger partial charge in [0.1, 0.15) is 13.2 Å². The lowest BCUT2D eigenvalue weighted by molar-refractivity contribution is -0.147. The van der Waals surface area contributed by atoms with Gasteiger partial charge in [-0.25, -0.2) is 24.8 Å². The molecule has 1 atom stereocenters. The quantitative estimate of drug-likeness (QED) is 0.127. The van der Waals surface area contributed by atoms with Gasteiger partial charge in [0.25, 0.3) is 0 Å². The molecule has 9 nitrogen and oxygen atoms in total. The largest absolute Gasteiger partial charge is 0.466 e. The highest BCUT2D eigenvalue weighted by atomic mass is 16.6. The normalized spacial score (nSPS) is 11.0. The number of methoxy groups -OCH3 is 1. The summed E-state index contributed by atoms with van der Waals surface area (Å²) in [6.45, 7) is -0.177. The lowest BCUT2D eigenvalue weighted by atomic mass is 10.0. The van der Waals surface area contributed by atoms with Crippen LogP contribution in [0.4, 0.5) is 9.59 Å². The highest BCUT2D eigenvalue weighted by Crippen LogP contribution is 2.16. The van der Waals surface area contributed by atoms with Gasteiger partial charge in [-0.2, -0.15) is 5.01 Å². The van der Waals surface area contributed by atoms with Crippen molar-refractivity contribution in [3.05, 3.63) is 144 Å². The smallest absolute Gasteiger partial charge is 0.431 e. The highest BCUT2D eigenvalue weighted by Gasteiger charge is 2.35. The van der Waals surface area contributed by atoms with Crippen molar-refractivity contribution in [3.63, 3.8) is 0 Å². The summed E-state index contributed by atoms with van der Waals surface area (Å²) in [4.78, 5) is 44.0. The number of ether oxygens (including phenoxy) is 3. The molecule has 9 heteroatoms. The summed E-state index contributed by atoms with van der Waals surface area (Å²) in [5, 5.41) is 0.675. The van der Waals surface area contributed by atoms with E-state index in [1.54, 1.807) is 48.5 Å². The van der Waals surface area contributed by atoms with Gasteiger partial charge in [0, 0.05) is 11.1 Å². The molecule has 0 heterocycles. The Morgan fingerprint density at radius 2 is 1.12 bits per heavy atom. The zero-order chi connectivity index (χ0) is 28.9. The molecule has 208 valence electrons. The van der Waals surface area contributed by atoms with E-state index in [1.807, 2.05) is 72.8 Å². The average Bonchev–Trinajstić information content (AvgIpc) is 3.04. The Hall–Kier alpha value is -5.44. The molecule has 0 spiro atoms. The Morgan fingerprint density at radius 1 is 0.683 bits per heavy atom. The monoisotopic (exact) mass is 551 g/mol. The summed E-state index contributed by atoms with van der Waals surface area (Å²) >= 11 is 0. The van der Waals surface area contributed by atoms with Crippen molar-refractivity contribution in [2.45, 2.75) is 19.4 Å². The Balaban J connectivity index is 1.68. The van der Waals surface area contributed by atoms with Crippen LogP contribution in [0.25, 0.3) is 0 Å². The van der Waals surface area contributed by atoms with Crippen LogP contribution in [0.3, 0.4) is 0 Å². The third kappa shape index (κ3) is 8.27. The van der Waals surface area contributed by atoms with Crippen LogP contribution in [0.15, 0.2) is 126 Å². The zero-order valence-electron chi connectivity index (χ0n) is 22.4. The molecule has 4 aromatic rings. The van der Waals surface area contributed by atoms with Crippen LogP contribution in [-0.4, -0.2) is 42.2 Å². The second kappa shape index (κ2) is 14.6. The van der Waals surface area contributed by atoms with Crippen molar-refractivity contribution in [2.75, 3.05) is 7.11 Å². The Bertz CT molecular complexity index is 1410.